The van der Waals surface area contributed by atoms with Gasteiger partial charge < -0.3 is 24.5 Å². The predicted molar refractivity (Wildman–Crippen MR) is 106 cm³/mol. The zero-order valence-electron chi connectivity index (χ0n) is 17.4. The molecule has 14 nitrogen and oxygen atoms in total. The van der Waals surface area contributed by atoms with Crippen molar-refractivity contribution in [1.82, 2.24) is 24.3 Å². The third-order valence-electron chi connectivity index (χ3n) is 5.03. The van der Waals surface area contributed by atoms with E-state index in [0.29, 0.717) is 0 Å². The lowest BCUT2D eigenvalue weighted by molar-refractivity contribution is -0.154. The minimum atomic E-state index is -1.95. The van der Waals surface area contributed by atoms with Crippen LogP contribution in [0.1, 0.15) is 25.3 Å². The van der Waals surface area contributed by atoms with Crippen LogP contribution in [0.3, 0.4) is 0 Å². The lowest BCUT2D eigenvalue weighted by Crippen LogP contribution is -2.37. The molecule has 3 N–H and O–H groups in total. The summed E-state index contributed by atoms with van der Waals surface area (Å²) in [5.41, 5.74) is 4.53. The Balaban J connectivity index is 1.84. The van der Waals surface area contributed by atoms with Crippen LogP contribution in [0.2, 0.25) is 0 Å². The van der Waals surface area contributed by atoms with Gasteiger partial charge in [-0.2, -0.15) is 10.1 Å². The molecular weight excluding hydrogens is 447 g/mol. The van der Waals surface area contributed by atoms with Gasteiger partial charge in [0.15, 0.2) is 29.9 Å². The van der Waals surface area contributed by atoms with Crippen LogP contribution < -0.4 is 17.0 Å². The molecule has 176 valence electrons. The van der Waals surface area contributed by atoms with E-state index in [4.69, 9.17) is 19.7 Å². The zero-order valence-corrected chi connectivity index (χ0v) is 17.4. The minimum absolute atomic E-state index is 0.0431. The Morgan fingerprint density at radius 3 is 2.76 bits per heavy atom. The minimum Gasteiger partial charge on any atom is -0.469 e. The molecular formula is C18H19FN6O8. The molecule has 1 aliphatic heterocycles. The molecule has 0 aromatic carbocycles. The van der Waals surface area contributed by atoms with Crippen LogP contribution in [0, 0.1) is 0 Å². The molecule has 0 radical (unpaired) electrons. The van der Waals surface area contributed by atoms with Crippen LogP contribution in [-0.2, 0) is 30.3 Å². The maximum absolute atomic E-state index is 15.2. The monoisotopic (exact) mass is 466 g/mol. The van der Waals surface area contributed by atoms with Gasteiger partial charge >= 0.3 is 17.6 Å². The van der Waals surface area contributed by atoms with Crippen molar-refractivity contribution in [3.8, 4) is 0 Å². The van der Waals surface area contributed by atoms with Crippen molar-refractivity contribution in [3.05, 3.63) is 38.9 Å². The molecule has 4 atom stereocenters. The van der Waals surface area contributed by atoms with Crippen LogP contribution in [0.5, 0.6) is 0 Å². The molecule has 4 rings (SSSR count). The van der Waals surface area contributed by atoms with E-state index in [1.165, 1.54) is 6.20 Å². The average Bonchev–Trinajstić information content (AvgIpc) is 3.38. The van der Waals surface area contributed by atoms with E-state index in [0.717, 1.165) is 29.2 Å². The number of aromatic nitrogens is 5. The van der Waals surface area contributed by atoms with E-state index >= 15 is 4.39 Å². The number of imidazole rings is 1. The molecule has 1 saturated heterocycles. The quantitative estimate of drug-likeness (QED) is 0.435. The predicted octanol–water partition coefficient (Wildman–Crippen LogP) is -0.765. The summed E-state index contributed by atoms with van der Waals surface area (Å²) >= 11 is 0. The van der Waals surface area contributed by atoms with Crippen molar-refractivity contribution < 1.29 is 32.7 Å². The number of ether oxygens (including phenoxy) is 3. The highest BCUT2D eigenvalue weighted by Crippen LogP contribution is 2.36. The zero-order chi connectivity index (χ0) is 23.9. The SMILES string of the molecule is COC(=O)C[C@H]1O[C@@H](n2c(=O)n(Cc3cc(=O)[nH]o3)c3cnc(N)nc32)[C@H](OC(C)=O)[C@@H]1F. The molecule has 3 aromatic rings. The molecule has 33 heavy (non-hydrogen) atoms. The standard InChI is InChI=1S/C18H19FN6O8/c1-7(26)31-14-13(19)10(4-12(28)30-2)32-16(14)25-15-9(5-21-17(20)22-15)24(18(25)29)6-8-3-11(27)23-33-8/h3,5,10,13-14,16H,4,6H2,1-2H3,(H,23,27)(H2,20,21,22)/t10-,13-,14-,16-/m1/s1. The Labute approximate surface area is 183 Å². The number of nitrogens with two attached hydrogens (primary N) is 1. The summed E-state index contributed by atoms with van der Waals surface area (Å²) in [6.07, 6.45) is -5.60. The molecule has 0 saturated carbocycles. The molecule has 15 heteroatoms. The highest BCUT2D eigenvalue weighted by atomic mass is 19.1. The first-order chi connectivity index (χ1) is 15.7. The van der Waals surface area contributed by atoms with E-state index in [2.05, 4.69) is 19.9 Å². The smallest absolute Gasteiger partial charge is 0.333 e. The molecule has 1 fully saturated rings. The number of carbonyl (C=O) groups excluding carboxylic acids is 2. The lowest BCUT2D eigenvalue weighted by Gasteiger charge is -2.19. The summed E-state index contributed by atoms with van der Waals surface area (Å²) in [4.78, 5) is 56.0. The second kappa shape index (κ2) is 8.50. The van der Waals surface area contributed by atoms with E-state index in [-0.39, 0.29) is 29.4 Å². The van der Waals surface area contributed by atoms with Gasteiger partial charge in [0.05, 0.1) is 26.3 Å². The van der Waals surface area contributed by atoms with Crippen LogP contribution in [0.4, 0.5) is 10.3 Å². The number of hydrogen-bond donors (Lipinski definition) is 2. The summed E-state index contributed by atoms with van der Waals surface area (Å²) < 4.78 is 37.6. The Bertz CT molecular complexity index is 1330. The highest BCUT2D eigenvalue weighted by molar-refractivity contribution is 5.72. The van der Waals surface area contributed by atoms with Gasteiger partial charge in [0.25, 0.3) is 5.56 Å². The fourth-order valence-corrected chi connectivity index (χ4v) is 3.64. The first kappa shape index (κ1) is 22.2. The second-order valence-electron chi connectivity index (χ2n) is 7.22. The second-order valence-corrected chi connectivity index (χ2v) is 7.22. The first-order valence-corrected chi connectivity index (χ1v) is 9.63. The number of methoxy groups -OCH3 is 1. The fraction of sp³-hybridized carbons (Fsp3) is 0.444. The van der Waals surface area contributed by atoms with Gasteiger partial charge in [-0.25, -0.2) is 18.7 Å². The lowest BCUT2D eigenvalue weighted by atomic mass is 10.1. The molecule has 0 unspecified atom stereocenters. The van der Waals surface area contributed by atoms with Crippen LogP contribution >= 0.6 is 0 Å². The van der Waals surface area contributed by atoms with Crippen LogP contribution in [-0.4, -0.2) is 61.7 Å². The van der Waals surface area contributed by atoms with Gasteiger partial charge in [-0.1, -0.05) is 0 Å². The molecule has 1 aliphatic rings. The number of carbonyl (C=O) groups is 2. The number of halogens is 1. The number of alkyl halides is 1. The summed E-state index contributed by atoms with van der Waals surface area (Å²) in [5.74, 6) is -1.65. The molecule has 0 bridgehead atoms. The van der Waals surface area contributed by atoms with E-state index < -0.39 is 54.2 Å². The van der Waals surface area contributed by atoms with Crippen molar-refractivity contribution in [2.45, 2.75) is 44.5 Å². The molecule has 4 heterocycles. The number of fused-ring (bicyclic) bond motifs is 1. The number of nitrogens with one attached hydrogen (secondary N) is 1. The number of nitrogen functional groups attached to an aromatic ring is 1. The Morgan fingerprint density at radius 2 is 2.12 bits per heavy atom. The molecule has 0 amide bonds. The number of anilines is 1. The maximum atomic E-state index is 15.2. The topological polar surface area (TPSA) is 187 Å². The van der Waals surface area contributed by atoms with Gasteiger partial charge in [-0.3, -0.25) is 19.0 Å². The van der Waals surface area contributed by atoms with E-state index in [9.17, 15) is 19.2 Å². The molecule has 3 aromatic heterocycles. The van der Waals surface area contributed by atoms with Gasteiger partial charge in [0.2, 0.25) is 5.95 Å². The summed E-state index contributed by atoms with van der Waals surface area (Å²) in [5, 5.41) is 2.11. The van der Waals surface area contributed by atoms with E-state index in [1.807, 2.05) is 0 Å². The number of aromatic amines is 1. The number of rotatable bonds is 6. The largest absolute Gasteiger partial charge is 0.469 e. The van der Waals surface area contributed by atoms with Crippen molar-refractivity contribution >= 4 is 29.1 Å². The maximum Gasteiger partial charge on any atom is 0.333 e. The summed E-state index contributed by atoms with van der Waals surface area (Å²) in [7, 11) is 1.13. The molecule has 0 aliphatic carbocycles. The molecule has 0 spiro atoms. The summed E-state index contributed by atoms with van der Waals surface area (Å²) in [6.45, 7) is 0.863. The normalized spacial score (nSPS) is 22.5. The number of H-pyrrole nitrogens is 1. The van der Waals surface area contributed by atoms with Gasteiger partial charge in [-0.05, 0) is 0 Å². The summed E-state index contributed by atoms with van der Waals surface area (Å²) in [6, 6.07) is 1.14. The number of hydrogen-bond acceptors (Lipinski definition) is 11. The van der Waals surface area contributed by atoms with Crippen molar-refractivity contribution in [1.29, 1.82) is 0 Å². The van der Waals surface area contributed by atoms with Gasteiger partial charge in [-0.15, -0.1) is 0 Å². The van der Waals surface area contributed by atoms with Crippen molar-refractivity contribution in [3.63, 3.8) is 0 Å². The fourth-order valence-electron chi connectivity index (χ4n) is 3.64. The highest BCUT2D eigenvalue weighted by Gasteiger charge is 2.50. The van der Waals surface area contributed by atoms with Gasteiger partial charge in [0, 0.05) is 13.0 Å². The van der Waals surface area contributed by atoms with Crippen molar-refractivity contribution in [2.75, 3.05) is 12.8 Å². The van der Waals surface area contributed by atoms with Crippen LogP contribution in [0.25, 0.3) is 11.2 Å². The van der Waals surface area contributed by atoms with E-state index in [1.54, 1.807) is 0 Å². The first-order valence-electron chi connectivity index (χ1n) is 9.63. The number of nitrogens with zero attached hydrogens (tertiary/aromatic N) is 4. The average molecular weight is 466 g/mol. The third-order valence-corrected chi connectivity index (χ3v) is 5.03. The van der Waals surface area contributed by atoms with Gasteiger partial charge in [0.1, 0.15) is 11.6 Å². The number of esters is 2. The van der Waals surface area contributed by atoms with Crippen molar-refractivity contribution in [2.24, 2.45) is 0 Å². The third kappa shape index (κ3) is 4.09. The Morgan fingerprint density at radius 1 is 1.36 bits per heavy atom. The Kier molecular flexibility index (Phi) is 5.71. The Hall–Kier alpha value is -4.01. The van der Waals surface area contributed by atoms with Crippen LogP contribution in [0.15, 0.2) is 26.4 Å².